The molecule has 1 rings (SSSR count). The number of rotatable bonds is 8. The quantitative estimate of drug-likeness (QED) is 0.661. The molecule has 0 fully saturated rings. The summed E-state index contributed by atoms with van der Waals surface area (Å²) in [5.41, 5.74) is -0.826. The Labute approximate surface area is 114 Å². The molecule has 1 aromatic heterocycles. The van der Waals surface area contributed by atoms with Crippen molar-refractivity contribution in [2.24, 2.45) is 0 Å². The molecule has 0 saturated heterocycles. The van der Waals surface area contributed by atoms with Crippen LogP contribution < -0.4 is 10.6 Å². The Balaban J connectivity index is 2.61. The van der Waals surface area contributed by atoms with E-state index < -0.39 is 5.60 Å². The van der Waals surface area contributed by atoms with Crippen LogP contribution in [0.15, 0.2) is 6.07 Å². The summed E-state index contributed by atoms with van der Waals surface area (Å²) in [7, 11) is 1.62. The van der Waals surface area contributed by atoms with E-state index in [1.165, 1.54) is 0 Å². The van der Waals surface area contributed by atoms with Gasteiger partial charge in [0.15, 0.2) is 0 Å². The summed E-state index contributed by atoms with van der Waals surface area (Å²) >= 11 is 0. The number of hydrogen-bond donors (Lipinski definition) is 3. The molecule has 1 heterocycles. The van der Waals surface area contributed by atoms with Crippen molar-refractivity contribution >= 4 is 11.6 Å². The molecule has 1 atom stereocenters. The van der Waals surface area contributed by atoms with Crippen LogP contribution in [0.2, 0.25) is 0 Å². The lowest BCUT2D eigenvalue weighted by Crippen LogP contribution is -2.35. The van der Waals surface area contributed by atoms with E-state index in [4.69, 9.17) is 4.74 Å². The van der Waals surface area contributed by atoms with Gasteiger partial charge >= 0.3 is 0 Å². The smallest absolute Gasteiger partial charge is 0.131 e. The van der Waals surface area contributed by atoms with Gasteiger partial charge in [0.1, 0.15) is 17.5 Å². The number of ether oxygens (including phenoxy) is 1. The van der Waals surface area contributed by atoms with Crippen molar-refractivity contribution in [2.45, 2.75) is 32.8 Å². The van der Waals surface area contributed by atoms with Gasteiger partial charge in [0.05, 0.1) is 5.60 Å². The zero-order valence-corrected chi connectivity index (χ0v) is 12.2. The van der Waals surface area contributed by atoms with Crippen molar-refractivity contribution < 1.29 is 9.84 Å². The minimum Gasteiger partial charge on any atom is -0.388 e. The number of hydrogen-bond acceptors (Lipinski definition) is 6. The van der Waals surface area contributed by atoms with E-state index in [9.17, 15) is 5.11 Å². The highest BCUT2D eigenvalue weighted by atomic mass is 16.5. The number of aryl methyl sites for hydroxylation is 1. The van der Waals surface area contributed by atoms with Crippen molar-refractivity contribution in [3.05, 3.63) is 11.9 Å². The SMILES string of the molecule is CCNc1cc(NCC(C)(O)CCOC)nc(C)n1. The van der Waals surface area contributed by atoms with Gasteiger partial charge < -0.3 is 20.5 Å². The maximum Gasteiger partial charge on any atom is 0.131 e. The monoisotopic (exact) mass is 268 g/mol. The van der Waals surface area contributed by atoms with E-state index in [1.54, 1.807) is 14.0 Å². The fourth-order valence-electron chi connectivity index (χ4n) is 1.62. The highest BCUT2D eigenvalue weighted by molar-refractivity contribution is 5.47. The molecule has 0 radical (unpaired) electrons. The number of methoxy groups -OCH3 is 1. The minimum atomic E-state index is -0.826. The molecular weight excluding hydrogens is 244 g/mol. The maximum atomic E-state index is 10.1. The number of aromatic nitrogens is 2. The molecule has 0 aliphatic carbocycles. The van der Waals surface area contributed by atoms with E-state index in [2.05, 4.69) is 20.6 Å². The first-order valence-electron chi connectivity index (χ1n) is 6.51. The van der Waals surface area contributed by atoms with Crippen LogP contribution in [-0.2, 0) is 4.74 Å². The van der Waals surface area contributed by atoms with Crippen LogP contribution in [0.4, 0.5) is 11.6 Å². The average Bonchev–Trinajstić information content (AvgIpc) is 2.34. The normalized spacial score (nSPS) is 13.9. The third kappa shape index (κ3) is 5.85. The molecule has 1 aromatic rings. The number of aliphatic hydroxyl groups is 1. The Morgan fingerprint density at radius 2 is 1.95 bits per heavy atom. The van der Waals surface area contributed by atoms with Gasteiger partial charge in [0.2, 0.25) is 0 Å². The van der Waals surface area contributed by atoms with Gasteiger partial charge in [-0.15, -0.1) is 0 Å². The lowest BCUT2D eigenvalue weighted by atomic mass is 10.0. The van der Waals surface area contributed by atoms with Crippen LogP contribution in [0.5, 0.6) is 0 Å². The first-order chi connectivity index (χ1) is 8.96. The molecule has 1 unspecified atom stereocenters. The predicted octanol–water partition coefficient (Wildman–Crippen LogP) is 1.42. The second kappa shape index (κ2) is 7.25. The van der Waals surface area contributed by atoms with E-state index in [0.29, 0.717) is 31.2 Å². The van der Waals surface area contributed by atoms with Crippen LogP contribution in [0.25, 0.3) is 0 Å². The molecule has 0 bridgehead atoms. The molecule has 19 heavy (non-hydrogen) atoms. The van der Waals surface area contributed by atoms with Gasteiger partial charge in [-0.2, -0.15) is 0 Å². The van der Waals surface area contributed by atoms with Crippen LogP contribution >= 0.6 is 0 Å². The molecule has 0 amide bonds. The third-order valence-electron chi connectivity index (χ3n) is 2.69. The number of nitrogens with zero attached hydrogens (tertiary/aromatic N) is 2. The van der Waals surface area contributed by atoms with E-state index >= 15 is 0 Å². The van der Waals surface area contributed by atoms with Crippen molar-refractivity contribution in [1.82, 2.24) is 9.97 Å². The molecule has 0 saturated carbocycles. The van der Waals surface area contributed by atoms with Crippen molar-refractivity contribution in [2.75, 3.05) is 37.4 Å². The molecule has 0 aliphatic rings. The number of anilines is 2. The van der Waals surface area contributed by atoms with E-state index in [-0.39, 0.29) is 0 Å². The topological polar surface area (TPSA) is 79.3 Å². The van der Waals surface area contributed by atoms with Crippen LogP contribution in [0, 0.1) is 6.92 Å². The molecular formula is C13H24N4O2. The zero-order valence-electron chi connectivity index (χ0n) is 12.2. The molecule has 0 spiro atoms. The third-order valence-corrected chi connectivity index (χ3v) is 2.69. The molecule has 0 aromatic carbocycles. The standard InChI is InChI=1S/C13H24N4O2/c1-5-14-11-8-12(17-10(2)16-11)15-9-13(3,18)6-7-19-4/h8,18H,5-7,9H2,1-4H3,(H2,14,15,16,17). The highest BCUT2D eigenvalue weighted by Crippen LogP contribution is 2.14. The van der Waals surface area contributed by atoms with Crippen LogP contribution in [0.3, 0.4) is 0 Å². The van der Waals surface area contributed by atoms with Crippen molar-refractivity contribution in [1.29, 1.82) is 0 Å². The second-order valence-corrected chi connectivity index (χ2v) is 4.81. The summed E-state index contributed by atoms with van der Waals surface area (Å²) < 4.78 is 4.98. The lowest BCUT2D eigenvalue weighted by molar-refractivity contribution is 0.0357. The second-order valence-electron chi connectivity index (χ2n) is 4.81. The first kappa shape index (κ1) is 15.7. The molecule has 6 heteroatoms. The fraction of sp³-hybridized carbons (Fsp3) is 0.692. The summed E-state index contributed by atoms with van der Waals surface area (Å²) in [5.74, 6) is 2.19. The van der Waals surface area contributed by atoms with Gasteiger partial charge in [-0.05, 0) is 20.8 Å². The Morgan fingerprint density at radius 1 is 1.32 bits per heavy atom. The molecule has 0 aliphatic heterocycles. The molecule has 3 N–H and O–H groups in total. The van der Waals surface area contributed by atoms with E-state index in [0.717, 1.165) is 12.4 Å². The van der Waals surface area contributed by atoms with Gasteiger partial charge in [-0.3, -0.25) is 0 Å². The summed E-state index contributed by atoms with van der Waals surface area (Å²) in [6.07, 6.45) is 0.570. The van der Waals surface area contributed by atoms with Gasteiger partial charge in [0.25, 0.3) is 0 Å². The summed E-state index contributed by atoms with van der Waals surface area (Å²) in [4.78, 5) is 8.57. The maximum absolute atomic E-state index is 10.1. The molecule has 108 valence electrons. The van der Waals surface area contributed by atoms with E-state index in [1.807, 2.05) is 19.9 Å². The Bertz CT molecular complexity index is 396. The first-order valence-corrected chi connectivity index (χ1v) is 6.51. The number of nitrogens with one attached hydrogen (secondary N) is 2. The predicted molar refractivity (Wildman–Crippen MR) is 76.5 cm³/mol. The van der Waals surface area contributed by atoms with Crippen molar-refractivity contribution in [3.63, 3.8) is 0 Å². The average molecular weight is 268 g/mol. The summed E-state index contributed by atoms with van der Waals surface area (Å²) in [6, 6.07) is 1.84. The Morgan fingerprint density at radius 3 is 2.53 bits per heavy atom. The Hall–Kier alpha value is -1.40. The molecule has 6 nitrogen and oxygen atoms in total. The van der Waals surface area contributed by atoms with Crippen molar-refractivity contribution in [3.8, 4) is 0 Å². The summed E-state index contributed by atoms with van der Waals surface area (Å²) in [5, 5.41) is 16.4. The minimum absolute atomic E-state index is 0.415. The van der Waals surface area contributed by atoms with Crippen LogP contribution in [0.1, 0.15) is 26.1 Å². The summed E-state index contributed by atoms with van der Waals surface area (Å²) in [6.45, 7) is 7.38. The largest absolute Gasteiger partial charge is 0.388 e. The van der Waals surface area contributed by atoms with Crippen LogP contribution in [-0.4, -0.2) is 47.5 Å². The van der Waals surface area contributed by atoms with Gasteiger partial charge in [-0.25, -0.2) is 9.97 Å². The van der Waals surface area contributed by atoms with Gasteiger partial charge in [0, 0.05) is 39.3 Å². The van der Waals surface area contributed by atoms with Gasteiger partial charge in [-0.1, -0.05) is 0 Å². The fourth-order valence-corrected chi connectivity index (χ4v) is 1.62. The highest BCUT2D eigenvalue weighted by Gasteiger charge is 2.19. The zero-order chi connectivity index (χ0) is 14.3. The Kier molecular flexibility index (Phi) is 5.98. The lowest BCUT2D eigenvalue weighted by Gasteiger charge is -2.23.